The SMILES string of the molecule is CCCS(=O)(=O)Nc1ccc(-c2ccnc3[nH]ccc23)cc1Cl. The van der Waals surface area contributed by atoms with Crippen LogP contribution in [-0.4, -0.2) is 24.1 Å². The average molecular weight is 350 g/mol. The highest BCUT2D eigenvalue weighted by atomic mass is 35.5. The van der Waals surface area contributed by atoms with Crippen molar-refractivity contribution in [2.75, 3.05) is 10.5 Å². The zero-order valence-electron chi connectivity index (χ0n) is 12.5. The van der Waals surface area contributed by atoms with Gasteiger partial charge in [-0.25, -0.2) is 13.4 Å². The van der Waals surface area contributed by atoms with Crippen LogP contribution in [0.1, 0.15) is 13.3 Å². The number of hydrogen-bond donors (Lipinski definition) is 2. The lowest BCUT2D eigenvalue weighted by atomic mass is 10.0. The Labute approximate surface area is 139 Å². The second-order valence-electron chi connectivity index (χ2n) is 5.21. The molecule has 5 nitrogen and oxygen atoms in total. The Bertz CT molecular complexity index is 951. The molecule has 0 saturated carbocycles. The molecule has 0 saturated heterocycles. The van der Waals surface area contributed by atoms with Gasteiger partial charge in [-0.05, 0) is 41.8 Å². The zero-order valence-corrected chi connectivity index (χ0v) is 14.1. The highest BCUT2D eigenvalue weighted by Gasteiger charge is 2.13. The number of nitrogens with one attached hydrogen (secondary N) is 2. The van der Waals surface area contributed by atoms with Gasteiger partial charge in [-0.15, -0.1) is 0 Å². The first kappa shape index (κ1) is 15.8. The van der Waals surface area contributed by atoms with Gasteiger partial charge < -0.3 is 4.98 Å². The fourth-order valence-corrected chi connectivity index (χ4v) is 3.90. The Kier molecular flexibility index (Phi) is 4.28. The van der Waals surface area contributed by atoms with Crippen LogP contribution >= 0.6 is 11.6 Å². The van der Waals surface area contributed by atoms with Gasteiger partial charge in [-0.1, -0.05) is 24.6 Å². The van der Waals surface area contributed by atoms with Crippen LogP contribution in [0.25, 0.3) is 22.2 Å². The topological polar surface area (TPSA) is 74.8 Å². The molecule has 2 aromatic heterocycles. The maximum absolute atomic E-state index is 11.9. The maximum atomic E-state index is 11.9. The van der Waals surface area contributed by atoms with Crippen LogP contribution in [0.4, 0.5) is 5.69 Å². The Hall–Kier alpha value is -2.05. The van der Waals surface area contributed by atoms with E-state index in [4.69, 9.17) is 11.6 Å². The number of rotatable bonds is 5. The summed E-state index contributed by atoms with van der Waals surface area (Å²) in [5.41, 5.74) is 3.08. The number of aromatic nitrogens is 2. The van der Waals surface area contributed by atoms with Crippen LogP contribution < -0.4 is 4.72 Å². The Morgan fingerprint density at radius 1 is 1.26 bits per heavy atom. The highest BCUT2D eigenvalue weighted by Crippen LogP contribution is 2.32. The van der Waals surface area contributed by atoms with Crippen molar-refractivity contribution in [3.05, 3.63) is 47.7 Å². The second kappa shape index (κ2) is 6.22. The molecule has 3 rings (SSSR count). The van der Waals surface area contributed by atoms with Crippen molar-refractivity contribution in [3.63, 3.8) is 0 Å². The van der Waals surface area contributed by atoms with Crippen LogP contribution in [0, 0.1) is 0 Å². The first-order valence-corrected chi connectivity index (χ1v) is 9.25. The minimum atomic E-state index is -3.36. The smallest absolute Gasteiger partial charge is 0.232 e. The number of pyridine rings is 1. The molecule has 0 aliphatic heterocycles. The van der Waals surface area contributed by atoms with E-state index in [9.17, 15) is 8.42 Å². The van der Waals surface area contributed by atoms with E-state index in [1.165, 1.54) is 0 Å². The number of halogens is 1. The fraction of sp³-hybridized carbons (Fsp3) is 0.188. The lowest BCUT2D eigenvalue weighted by Gasteiger charge is -2.11. The third kappa shape index (κ3) is 3.33. The summed E-state index contributed by atoms with van der Waals surface area (Å²) in [6.45, 7) is 1.81. The van der Waals surface area contributed by atoms with E-state index in [1.807, 2.05) is 31.3 Å². The van der Waals surface area contributed by atoms with Crippen molar-refractivity contribution >= 4 is 38.3 Å². The van der Waals surface area contributed by atoms with Crippen LogP contribution in [-0.2, 0) is 10.0 Å². The molecular formula is C16H16ClN3O2S. The van der Waals surface area contributed by atoms with E-state index in [2.05, 4.69) is 14.7 Å². The number of benzene rings is 1. The van der Waals surface area contributed by atoms with E-state index in [1.54, 1.807) is 18.3 Å². The van der Waals surface area contributed by atoms with Crippen molar-refractivity contribution in [2.24, 2.45) is 0 Å². The lowest BCUT2D eigenvalue weighted by molar-refractivity contribution is 0.600. The standard InChI is InChI=1S/C16H16ClN3O2S/c1-2-9-23(21,22)20-15-4-3-11(10-14(15)17)12-5-7-18-16-13(12)6-8-19-16/h3-8,10,20H,2,9H2,1H3,(H,18,19). The molecule has 0 aliphatic carbocycles. The minimum absolute atomic E-state index is 0.0689. The molecule has 0 atom stereocenters. The molecule has 120 valence electrons. The number of aromatic amines is 1. The van der Waals surface area contributed by atoms with Crippen molar-refractivity contribution in [1.82, 2.24) is 9.97 Å². The van der Waals surface area contributed by atoms with Gasteiger partial charge in [0.05, 0.1) is 16.5 Å². The Balaban J connectivity index is 1.98. The highest BCUT2D eigenvalue weighted by molar-refractivity contribution is 7.92. The van der Waals surface area contributed by atoms with Crippen LogP contribution in [0.3, 0.4) is 0 Å². The largest absolute Gasteiger partial charge is 0.346 e. The summed E-state index contributed by atoms with van der Waals surface area (Å²) in [7, 11) is -3.36. The first-order valence-electron chi connectivity index (χ1n) is 7.22. The van der Waals surface area contributed by atoms with Gasteiger partial charge in [-0.3, -0.25) is 4.72 Å². The van der Waals surface area contributed by atoms with Gasteiger partial charge in [0.25, 0.3) is 0 Å². The van der Waals surface area contributed by atoms with E-state index in [0.717, 1.165) is 22.2 Å². The van der Waals surface area contributed by atoms with Crippen molar-refractivity contribution in [3.8, 4) is 11.1 Å². The molecule has 0 unspecified atom stereocenters. The van der Waals surface area contributed by atoms with Crippen LogP contribution in [0.2, 0.25) is 5.02 Å². The van der Waals surface area contributed by atoms with Gasteiger partial charge in [0, 0.05) is 17.8 Å². The number of hydrogen-bond acceptors (Lipinski definition) is 3. The van der Waals surface area contributed by atoms with Gasteiger partial charge >= 0.3 is 0 Å². The molecule has 0 radical (unpaired) electrons. The number of fused-ring (bicyclic) bond motifs is 1. The summed E-state index contributed by atoms with van der Waals surface area (Å²) in [6.07, 6.45) is 4.10. The summed E-state index contributed by atoms with van der Waals surface area (Å²) >= 11 is 6.26. The summed E-state index contributed by atoms with van der Waals surface area (Å²) in [4.78, 5) is 7.32. The van der Waals surface area contributed by atoms with Crippen molar-refractivity contribution in [2.45, 2.75) is 13.3 Å². The summed E-state index contributed by atoms with van der Waals surface area (Å²) in [6, 6.07) is 9.14. The van der Waals surface area contributed by atoms with Gasteiger partial charge in [0.15, 0.2) is 0 Å². The van der Waals surface area contributed by atoms with Crippen molar-refractivity contribution in [1.29, 1.82) is 0 Å². The van der Waals surface area contributed by atoms with Crippen LogP contribution in [0.15, 0.2) is 42.7 Å². The summed E-state index contributed by atoms with van der Waals surface area (Å²) < 4.78 is 26.3. The van der Waals surface area contributed by atoms with E-state index in [0.29, 0.717) is 17.1 Å². The Morgan fingerprint density at radius 3 is 2.83 bits per heavy atom. The van der Waals surface area contributed by atoms with Gasteiger partial charge in [0.2, 0.25) is 10.0 Å². The molecule has 1 aromatic carbocycles. The first-order chi connectivity index (χ1) is 11.0. The molecular weight excluding hydrogens is 334 g/mol. The average Bonchev–Trinajstić information content (AvgIpc) is 2.97. The number of sulfonamides is 1. The molecule has 0 bridgehead atoms. The monoisotopic (exact) mass is 349 g/mol. The lowest BCUT2D eigenvalue weighted by Crippen LogP contribution is -2.16. The van der Waals surface area contributed by atoms with Crippen molar-refractivity contribution < 1.29 is 8.42 Å². The Morgan fingerprint density at radius 2 is 2.09 bits per heavy atom. The summed E-state index contributed by atoms with van der Waals surface area (Å²) in [5.74, 6) is 0.0689. The molecule has 0 fully saturated rings. The number of nitrogens with zero attached hydrogens (tertiary/aromatic N) is 1. The molecule has 23 heavy (non-hydrogen) atoms. The molecule has 2 N–H and O–H groups in total. The molecule has 0 amide bonds. The molecule has 0 spiro atoms. The van der Waals surface area contributed by atoms with E-state index in [-0.39, 0.29) is 5.75 Å². The molecule has 0 aliphatic rings. The van der Waals surface area contributed by atoms with Gasteiger partial charge in [-0.2, -0.15) is 0 Å². The molecule has 3 aromatic rings. The summed E-state index contributed by atoms with van der Waals surface area (Å²) in [5, 5.41) is 1.35. The van der Waals surface area contributed by atoms with Crippen LogP contribution in [0.5, 0.6) is 0 Å². The normalized spacial score (nSPS) is 11.7. The minimum Gasteiger partial charge on any atom is -0.346 e. The molecule has 7 heteroatoms. The second-order valence-corrected chi connectivity index (χ2v) is 7.46. The fourth-order valence-electron chi connectivity index (χ4n) is 2.47. The quantitative estimate of drug-likeness (QED) is 0.730. The number of anilines is 1. The predicted molar refractivity (Wildman–Crippen MR) is 94.2 cm³/mol. The van der Waals surface area contributed by atoms with E-state index < -0.39 is 10.0 Å². The third-order valence-electron chi connectivity index (χ3n) is 3.48. The van der Waals surface area contributed by atoms with Gasteiger partial charge in [0.1, 0.15) is 5.65 Å². The third-order valence-corrected chi connectivity index (χ3v) is 5.27. The maximum Gasteiger partial charge on any atom is 0.232 e. The molecule has 2 heterocycles. The number of H-pyrrole nitrogens is 1. The predicted octanol–water partition coefficient (Wildman–Crippen LogP) is 4.04. The zero-order chi connectivity index (χ0) is 16.4. The van der Waals surface area contributed by atoms with E-state index >= 15 is 0 Å².